The largest absolute Gasteiger partial charge is 0.416 e. The van der Waals surface area contributed by atoms with Crippen LogP contribution in [-0.2, 0) is 6.18 Å². The van der Waals surface area contributed by atoms with Gasteiger partial charge in [-0.05, 0) is 36.4 Å². The number of anilines is 2. The Balaban J connectivity index is 1.76. The molecule has 0 fully saturated rings. The number of pyridine rings is 1. The first-order chi connectivity index (χ1) is 12.9. The molecule has 2 heterocycles. The zero-order valence-electron chi connectivity index (χ0n) is 13.9. The van der Waals surface area contributed by atoms with Crippen LogP contribution in [0, 0.1) is 0 Å². The average Bonchev–Trinajstić information content (AvgIpc) is 2.94. The summed E-state index contributed by atoms with van der Waals surface area (Å²) in [5.74, 6) is -0.233. The van der Waals surface area contributed by atoms with Crippen molar-refractivity contribution in [3.05, 3.63) is 89.7 Å². The number of benzene rings is 2. The van der Waals surface area contributed by atoms with Gasteiger partial charge in [0.1, 0.15) is 6.17 Å². The predicted octanol–water partition coefficient (Wildman–Crippen LogP) is 4.87. The fraction of sp³-hybridized carbons (Fsp3) is 0.100. The minimum absolute atomic E-state index is 0.233. The molecule has 1 N–H and O–H groups in total. The maximum atomic E-state index is 13.0. The molecule has 7 heteroatoms. The number of hydrogen-bond donors (Lipinski definition) is 1. The lowest BCUT2D eigenvalue weighted by Crippen LogP contribution is -2.32. The molecule has 2 aromatic carbocycles. The Kier molecular flexibility index (Phi) is 4.07. The third-order valence-electron chi connectivity index (χ3n) is 4.38. The number of carbonyl (C=O) groups excluding carboxylic acids is 1. The standard InChI is InChI=1S/C20H14F3N3O/c21-20(22,23)13-5-3-6-14(11-13)25-18-16-8-1-2-9-17(16)19(27)26(18)15-7-4-10-24-12-15/h1-12,18,25H. The molecule has 1 amide bonds. The molecule has 0 spiro atoms. The highest BCUT2D eigenvalue weighted by Gasteiger charge is 2.38. The monoisotopic (exact) mass is 369 g/mol. The number of nitrogens with one attached hydrogen (secondary N) is 1. The van der Waals surface area contributed by atoms with Crippen molar-refractivity contribution < 1.29 is 18.0 Å². The molecule has 0 saturated heterocycles. The fourth-order valence-corrected chi connectivity index (χ4v) is 3.16. The average molecular weight is 369 g/mol. The highest BCUT2D eigenvalue weighted by atomic mass is 19.4. The number of halogens is 3. The van der Waals surface area contributed by atoms with Gasteiger partial charge in [-0.25, -0.2) is 0 Å². The maximum absolute atomic E-state index is 13.0. The maximum Gasteiger partial charge on any atom is 0.416 e. The van der Waals surface area contributed by atoms with Gasteiger partial charge in [0.15, 0.2) is 0 Å². The lowest BCUT2D eigenvalue weighted by molar-refractivity contribution is -0.137. The second-order valence-electron chi connectivity index (χ2n) is 6.10. The van der Waals surface area contributed by atoms with Crippen molar-refractivity contribution in [2.45, 2.75) is 12.3 Å². The van der Waals surface area contributed by atoms with Crippen molar-refractivity contribution in [3.8, 4) is 0 Å². The van der Waals surface area contributed by atoms with Crippen LogP contribution in [0.15, 0.2) is 73.1 Å². The van der Waals surface area contributed by atoms with E-state index in [1.54, 1.807) is 54.9 Å². The van der Waals surface area contributed by atoms with Gasteiger partial charge in [0.05, 0.1) is 17.4 Å². The van der Waals surface area contributed by atoms with Crippen LogP contribution in [0.1, 0.15) is 27.7 Å². The molecule has 1 atom stereocenters. The van der Waals surface area contributed by atoms with Gasteiger partial charge in [0.2, 0.25) is 0 Å². The van der Waals surface area contributed by atoms with Gasteiger partial charge < -0.3 is 5.32 Å². The van der Waals surface area contributed by atoms with Crippen molar-refractivity contribution in [2.24, 2.45) is 0 Å². The molecular formula is C20H14F3N3O. The Labute approximate surface area is 153 Å². The zero-order chi connectivity index (χ0) is 19.0. The minimum Gasteiger partial charge on any atom is -0.361 e. The molecule has 3 aromatic rings. The first-order valence-corrected chi connectivity index (χ1v) is 8.21. The molecule has 4 rings (SSSR count). The number of fused-ring (bicyclic) bond motifs is 1. The molecule has 1 aliphatic heterocycles. The molecule has 136 valence electrons. The summed E-state index contributed by atoms with van der Waals surface area (Å²) in [6.45, 7) is 0. The van der Waals surface area contributed by atoms with E-state index in [9.17, 15) is 18.0 Å². The smallest absolute Gasteiger partial charge is 0.361 e. The molecule has 1 unspecified atom stereocenters. The highest BCUT2D eigenvalue weighted by molar-refractivity contribution is 6.11. The predicted molar refractivity (Wildman–Crippen MR) is 95.3 cm³/mol. The highest BCUT2D eigenvalue weighted by Crippen LogP contribution is 2.38. The summed E-state index contributed by atoms with van der Waals surface area (Å²) in [5, 5.41) is 3.07. The summed E-state index contributed by atoms with van der Waals surface area (Å²) in [7, 11) is 0. The van der Waals surface area contributed by atoms with E-state index in [1.807, 2.05) is 0 Å². The first-order valence-electron chi connectivity index (χ1n) is 8.21. The third kappa shape index (κ3) is 3.12. The normalized spacial score (nSPS) is 16.3. The Morgan fingerprint density at radius 3 is 2.56 bits per heavy atom. The van der Waals surface area contributed by atoms with Crippen molar-refractivity contribution in [2.75, 3.05) is 10.2 Å². The number of alkyl halides is 3. The van der Waals surface area contributed by atoms with Crippen LogP contribution in [0.5, 0.6) is 0 Å². The van der Waals surface area contributed by atoms with Crippen molar-refractivity contribution in [1.29, 1.82) is 0 Å². The zero-order valence-corrected chi connectivity index (χ0v) is 13.9. The quantitative estimate of drug-likeness (QED) is 0.716. The van der Waals surface area contributed by atoms with E-state index in [4.69, 9.17) is 0 Å². The van der Waals surface area contributed by atoms with E-state index in [0.717, 1.165) is 12.1 Å². The van der Waals surface area contributed by atoms with Crippen LogP contribution in [0.4, 0.5) is 24.5 Å². The van der Waals surface area contributed by atoms with E-state index in [-0.39, 0.29) is 11.6 Å². The van der Waals surface area contributed by atoms with Crippen LogP contribution in [0.2, 0.25) is 0 Å². The Hall–Kier alpha value is -3.35. The van der Waals surface area contributed by atoms with Crippen LogP contribution < -0.4 is 10.2 Å². The number of carbonyl (C=O) groups is 1. The van der Waals surface area contributed by atoms with Crippen molar-refractivity contribution in [3.63, 3.8) is 0 Å². The van der Waals surface area contributed by atoms with Crippen molar-refractivity contribution in [1.82, 2.24) is 4.98 Å². The van der Waals surface area contributed by atoms with Crippen LogP contribution in [-0.4, -0.2) is 10.9 Å². The van der Waals surface area contributed by atoms with Gasteiger partial charge >= 0.3 is 6.18 Å². The molecule has 0 saturated carbocycles. The Bertz CT molecular complexity index is 989. The van der Waals surface area contributed by atoms with Gasteiger partial charge in [0.25, 0.3) is 5.91 Å². The second kappa shape index (κ2) is 6.42. The summed E-state index contributed by atoms with van der Waals surface area (Å²) in [5.41, 5.74) is 1.28. The summed E-state index contributed by atoms with van der Waals surface area (Å²) in [6, 6.07) is 15.4. The van der Waals surface area contributed by atoms with Gasteiger partial charge in [-0.2, -0.15) is 13.2 Å². The van der Waals surface area contributed by atoms with Gasteiger partial charge in [0, 0.05) is 23.0 Å². The summed E-state index contributed by atoms with van der Waals surface area (Å²) in [4.78, 5) is 18.4. The molecule has 1 aliphatic rings. The molecule has 4 nitrogen and oxygen atoms in total. The first kappa shape index (κ1) is 17.1. The summed E-state index contributed by atoms with van der Waals surface area (Å²) < 4.78 is 39.1. The number of hydrogen-bond acceptors (Lipinski definition) is 3. The van der Waals surface area contributed by atoms with Gasteiger partial charge in [-0.3, -0.25) is 14.7 Å². The molecule has 27 heavy (non-hydrogen) atoms. The lowest BCUT2D eigenvalue weighted by atomic mass is 10.1. The number of rotatable bonds is 3. The summed E-state index contributed by atoms with van der Waals surface area (Å²) in [6.07, 6.45) is -1.94. The number of amides is 1. The van der Waals surface area contributed by atoms with Gasteiger partial charge in [-0.1, -0.05) is 24.3 Å². The van der Waals surface area contributed by atoms with Crippen molar-refractivity contribution >= 4 is 17.3 Å². The molecule has 0 radical (unpaired) electrons. The van der Waals surface area contributed by atoms with Crippen LogP contribution in [0.3, 0.4) is 0 Å². The number of nitrogens with zero attached hydrogens (tertiary/aromatic N) is 2. The second-order valence-corrected chi connectivity index (χ2v) is 6.10. The topological polar surface area (TPSA) is 45.2 Å². The lowest BCUT2D eigenvalue weighted by Gasteiger charge is -2.27. The van der Waals surface area contributed by atoms with Crippen LogP contribution in [0.25, 0.3) is 0 Å². The fourth-order valence-electron chi connectivity index (χ4n) is 3.16. The van der Waals surface area contributed by atoms with E-state index < -0.39 is 17.9 Å². The Morgan fingerprint density at radius 1 is 1.00 bits per heavy atom. The Morgan fingerprint density at radius 2 is 1.81 bits per heavy atom. The number of aromatic nitrogens is 1. The third-order valence-corrected chi connectivity index (χ3v) is 4.38. The van der Waals surface area contributed by atoms with E-state index in [1.165, 1.54) is 11.0 Å². The summed E-state index contributed by atoms with van der Waals surface area (Å²) >= 11 is 0. The van der Waals surface area contributed by atoms with E-state index in [2.05, 4.69) is 10.3 Å². The van der Waals surface area contributed by atoms with Gasteiger partial charge in [-0.15, -0.1) is 0 Å². The molecule has 0 aliphatic carbocycles. The van der Waals surface area contributed by atoms with E-state index >= 15 is 0 Å². The molecule has 1 aromatic heterocycles. The molecular weight excluding hydrogens is 355 g/mol. The van der Waals surface area contributed by atoms with Crippen LogP contribution >= 0.6 is 0 Å². The SMILES string of the molecule is O=C1c2ccccc2C(Nc2cccc(C(F)(F)F)c2)N1c1cccnc1. The molecule has 0 bridgehead atoms. The van der Waals surface area contributed by atoms with E-state index in [0.29, 0.717) is 16.8 Å². The minimum atomic E-state index is -4.44.